The first-order valence-electron chi connectivity index (χ1n) is 6.07. The lowest BCUT2D eigenvalue weighted by Crippen LogP contribution is -2.30. The van der Waals surface area contributed by atoms with E-state index in [-0.39, 0.29) is 6.04 Å². The molecule has 0 aliphatic carbocycles. The molecular weight excluding hydrogens is 274 g/mol. The zero-order valence-electron chi connectivity index (χ0n) is 11.1. The first-order chi connectivity index (χ1) is 9.74. The van der Waals surface area contributed by atoms with Crippen molar-refractivity contribution in [1.29, 1.82) is 0 Å². The summed E-state index contributed by atoms with van der Waals surface area (Å²) < 4.78 is 1.70. The topological polar surface area (TPSA) is 75.7 Å². The maximum Gasteiger partial charge on any atom is 0.250 e. The molecule has 0 radical (unpaired) electrons. The zero-order valence-corrected chi connectivity index (χ0v) is 11.9. The highest BCUT2D eigenvalue weighted by atomic mass is 32.2. The molecule has 1 aliphatic rings. The Morgan fingerprint density at radius 2 is 2.05 bits per heavy atom. The van der Waals surface area contributed by atoms with Gasteiger partial charge in [0, 0.05) is 0 Å². The van der Waals surface area contributed by atoms with Gasteiger partial charge in [-0.05, 0) is 18.7 Å². The summed E-state index contributed by atoms with van der Waals surface area (Å²) >= 11 is 1.45. The molecule has 102 valence electrons. The van der Waals surface area contributed by atoms with Gasteiger partial charge < -0.3 is 5.21 Å². The van der Waals surface area contributed by atoms with Crippen molar-refractivity contribution in [2.75, 3.05) is 6.26 Å². The number of hydrogen-bond acceptors (Lipinski definition) is 6. The van der Waals surface area contributed by atoms with Gasteiger partial charge in [-0.25, -0.2) is 9.67 Å². The van der Waals surface area contributed by atoms with Crippen molar-refractivity contribution in [2.24, 2.45) is 10.1 Å². The van der Waals surface area contributed by atoms with E-state index in [1.165, 1.54) is 11.8 Å². The molecule has 2 heterocycles. The highest BCUT2D eigenvalue weighted by Gasteiger charge is 2.31. The summed E-state index contributed by atoms with van der Waals surface area (Å²) in [6.45, 7) is 1.81. The number of thioether (sulfide) groups is 1. The Bertz CT molecular complexity index is 692. The van der Waals surface area contributed by atoms with Crippen LogP contribution in [-0.2, 0) is 0 Å². The van der Waals surface area contributed by atoms with Gasteiger partial charge in [0.25, 0.3) is 0 Å². The second-order valence-electron chi connectivity index (χ2n) is 4.34. The standard InChI is InChI=1S/C13H13N5OS/c1-8-10(17-19)11(9-6-4-3-5-7-9)18-12(14-8)15-13(16-18)20-2/h3-7,11,19H,1-2H3/b17-10+/t11-/m0/s1. The van der Waals surface area contributed by atoms with E-state index in [0.29, 0.717) is 22.5 Å². The average molecular weight is 287 g/mol. The van der Waals surface area contributed by atoms with Crippen molar-refractivity contribution in [3.8, 4) is 0 Å². The number of fused-ring (bicyclic) bond motifs is 1. The third-order valence-electron chi connectivity index (χ3n) is 3.14. The zero-order chi connectivity index (χ0) is 14.1. The molecule has 7 heteroatoms. The number of oxime groups is 1. The lowest BCUT2D eigenvalue weighted by Gasteiger charge is -2.23. The second-order valence-corrected chi connectivity index (χ2v) is 5.11. The smallest absolute Gasteiger partial charge is 0.250 e. The van der Waals surface area contributed by atoms with Gasteiger partial charge in [0.2, 0.25) is 11.1 Å². The van der Waals surface area contributed by atoms with Gasteiger partial charge in [-0.2, -0.15) is 4.98 Å². The number of aromatic nitrogens is 3. The minimum atomic E-state index is -0.304. The monoisotopic (exact) mass is 287 g/mol. The molecule has 0 unspecified atom stereocenters. The van der Waals surface area contributed by atoms with Crippen molar-refractivity contribution < 1.29 is 5.21 Å². The minimum Gasteiger partial charge on any atom is -0.411 e. The van der Waals surface area contributed by atoms with Crippen molar-refractivity contribution >= 4 is 29.1 Å². The summed E-state index contributed by atoms with van der Waals surface area (Å²) in [5.74, 6) is 0.535. The van der Waals surface area contributed by atoms with Crippen molar-refractivity contribution in [2.45, 2.75) is 18.1 Å². The number of rotatable bonds is 2. The van der Waals surface area contributed by atoms with Crippen LogP contribution in [0.1, 0.15) is 18.5 Å². The van der Waals surface area contributed by atoms with Gasteiger partial charge in [0.15, 0.2) is 0 Å². The van der Waals surface area contributed by atoms with Crippen molar-refractivity contribution in [3.05, 3.63) is 35.9 Å². The Kier molecular flexibility index (Phi) is 3.27. The fraction of sp³-hybridized carbons (Fsp3) is 0.231. The van der Waals surface area contributed by atoms with Crippen LogP contribution in [0.25, 0.3) is 0 Å². The Morgan fingerprint density at radius 1 is 1.30 bits per heavy atom. The Balaban J connectivity index is 2.20. The Morgan fingerprint density at radius 3 is 2.70 bits per heavy atom. The molecule has 2 aromatic rings. The van der Waals surface area contributed by atoms with Crippen LogP contribution in [0.15, 0.2) is 45.6 Å². The van der Waals surface area contributed by atoms with E-state index in [1.807, 2.05) is 43.5 Å². The summed E-state index contributed by atoms with van der Waals surface area (Å²) in [5.41, 5.74) is 2.11. The van der Waals surface area contributed by atoms with E-state index in [2.05, 4.69) is 20.2 Å². The number of hydrogen-bond donors (Lipinski definition) is 1. The summed E-state index contributed by atoms with van der Waals surface area (Å²) in [5, 5.41) is 17.8. The molecular formula is C13H13N5OS. The third-order valence-corrected chi connectivity index (χ3v) is 3.68. The molecule has 0 saturated heterocycles. The fourth-order valence-corrected chi connectivity index (χ4v) is 2.56. The van der Waals surface area contributed by atoms with Crippen LogP contribution in [0.5, 0.6) is 0 Å². The SMILES string of the molecule is CSc1nc2n(n1)[C@@H](c1ccccc1)/C(=N/O)C(C)=N2. The van der Waals surface area contributed by atoms with E-state index in [1.54, 1.807) is 4.68 Å². The van der Waals surface area contributed by atoms with Gasteiger partial charge in [-0.15, -0.1) is 5.10 Å². The van der Waals surface area contributed by atoms with Crippen LogP contribution in [-0.4, -0.2) is 37.7 Å². The molecule has 1 N–H and O–H groups in total. The van der Waals surface area contributed by atoms with Crippen LogP contribution >= 0.6 is 11.8 Å². The van der Waals surface area contributed by atoms with Crippen LogP contribution < -0.4 is 0 Å². The van der Waals surface area contributed by atoms with E-state index in [4.69, 9.17) is 0 Å². The number of aliphatic imine (C=N–C) groups is 1. The van der Waals surface area contributed by atoms with Gasteiger partial charge in [0.05, 0.1) is 5.71 Å². The molecule has 1 atom stereocenters. The molecule has 1 aromatic heterocycles. The Labute approximate surface area is 120 Å². The maximum absolute atomic E-state index is 9.32. The molecule has 1 aliphatic heterocycles. The third kappa shape index (κ3) is 2.00. The normalized spacial score (nSPS) is 19.8. The summed E-state index contributed by atoms with van der Waals surface area (Å²) in [7, 11) is 0. The van der Waals surface area contributed by atoms with Crippen LogP contribution in [0, 0.1) is 0 Å². The molecule has 1 aromatic carbocycles. The molecule has 0 bridgehead atoms. The summed E-state index contributed by atoms with van der Waals surface area (Å²) in [6, 6.07) is 9.47. The van der Waals surface area contributed by atoms with Gasteiger partial charge in [0.1, 0.15) is 11.8 Å². The molecule has 6 nitrogen and oxygen atoms in total. The van der Waals surface area contributed by atoms with E-state index >= 15 is 0 Å². The molecule has 0 spiro atoms. The van der Waals surface area contributed by atoms with Crippen molar-refractivity contribution in [1.82, 2.24) is 14.8 Å². The largest absolute Gasteiger partial charge is 0.411 e. The molecule has 0 saturated carbocycles. The van der Waals surface area contributed by atoms with Gasteiger partial charge >= 0.3 is 0 Å². The predicted molar refractivity (Wildman–Crippen MR) is 78.4 cm³/mol. The highest BCUT2D eigenvalue weighted by Crippen LogP contribution is 2.30. The molecule has 0 fully saturated rings. The summed E-state index contributed by atoms with van der Waals surface area (Å²) in [4.78, 5) is 8.70. The van der Waals surface area contributed by atoms with E-state index in [0.717, 1.165) is 5.56 Å². The average Bonchev–Trinajstić information content (AvgIpc) is 2.89. The highest BCUT2D eigenvalue weighted by molar-refractivity contribution is 7.98. The predicted octanol–water partition coefficient (Wildman–Crippen LogP) is 2.53. The lowest BCUT2D eigenvalue weighted by molar-refractivity contribution is 0.316. The quantitative estimate of drug-likeness (QED) is 0.523. The number of nitrogens with zero attached hydrogens (tertiary/aromatic N) is 5. The van der Waals surface area contributed by atoms with Gasteiger partial charge in [-0.3, -0.25) is 0 Å². The Hall–Kier alpha value is -2.15. The molecule has 3 rings (SSSR count). The van der Waals surface area contributed by atoms with E-state index in [9.17, 15) is 5.21 Å². The summed E-state index contributed by atoms with van der Waals surface area (Å²) in [6.07, 6.45) is 1.91. The molecule has 20 heavy (non-hydrogen) atoms. The number of benzene rings is 1. The van der Waals surface area contributed by atoms with Crippen LogP contribution in [0.2, 0.25) is 0 Å². The first-order valence-corrected chi connectivity index (χ1v) is 7.30. The lowest BCUT2D eigenvalue weighted by atomic mass is 9.98. The first kappa shape index (κ1) is 12.9. The van der Waals surface area contributed by atoms with Gasteiger partial charge in [-0.1, -0.05) is 47.2 Å². The van der Waals surface area contributed by atoms with Crippen molar-refractivity contribution in [3.63, 3.8) is 0 Å². The fourth-order valence-electron chi connectivity index (χ4n) is 2.21. The second kappa shape index (κ2) is 5.09. The maximum atomic E-state index is 9.32. The van der Waals surface area contributed by atoms with Crippen LogP contribution in [0.3, 0.4) is 0 Å². The molecule has 0 amide bonds. The van der Waals surface area contributed by atoms with E-state index < -0.39 is 0 Å². The van der Waals surface area contributed by atoms with Crippen LogP contribution in [0.4, 0.5) is 5.95 Å². The minimum absolute atomic E-state index is 0.304.